The van der Waals surface area contributed by atoms with Crippen LogP contribution in [0.3, 0.4) is 0 Å². The van der Waals surface area contributed by atoms with Gasteiger partial charge in [0.25, 0.3) is 0 Å². The molecule has 1 rings (SSSR count). The van der Waals surface area contributed by atoms with Crippen LogP contribution in [0.2, 0.25) is 0 Å². The van der Waals surface area contributed by atoms with Crippen molar-refractivity contribution in [3.05, 3.63) is 33.9 Å². The van der Waals surface area contributed by atoms with Gasteiger partial charge in [-0.25, -0.2) is 0 Å². The van der Waals surface area contributed by atoms with E-state index in [9.17, 15) is 4.79 Å². The van der Waals surface area contributed by atoms with Crippen LogP contribution in [0.15, 0.2) is 6.07 Å². The minimum absolute atomic E-state index is 0.168. The molecular weight excluding hydrogens is 160 g/mol. The molecule has 1 nitrogen and oxygen atoms in total. The topological polar surface area (TPSA) is 17.1 Å². The zero-order chi connectivity index (χ0) is 10.2. The highest BCUT2D eigenvalue weighted by atomic mass is 16.1. The lowest BCUT2D eigenvalue weighted by molar-refractivity contribution is 0.101. The standard InChI is InChI=1S/C12H16O/c1-7-6-8(2)10(4)12(9(7)3)11(5)13/h6H,1-5H3. The Morgan fingerprint density at radius 2 is 1.38 bits per heavy atom. The summed E-state index contributed by atoms with van der Waals surface area (Å²) in [7, 11) is 0. The molecule has 0 atom stereocenters. The lowest BCUT2D eigenvalue weighted by Gasteiger charge is -2.12. The Labute approximate surface area is 79.8 Å². The molecule has 0 saturated heterocycles. The maximum absolute atomic E-state index is 11.4. The van der Waals surface area contributed by atoms with Crippen LogP contribution in [0.5, 0.6) is 0 Å². The Balaban J connectivity index is 3.56. The molecule has 0 heterocycles. The van der Waals surface area contributed by atoms with Crippen LogP contribution in [0, 0.1) is 27.7 Å². The molecule has 0 fully saturated rings. The van der Waals surface area contributed by atoms with Gasteiger partial charge in [0.15, 0.2) is 5.78 Å². The van der Waals surface area contributed by atoms with Crippen molar-refractivity contribution in [2.24, 2.45) is 0 Å². The highest BCUT2D eigenvalue weighted by molar-refractivity contribution is 5.97. The number of carbonyl (C=O) groups is 1. The van der Waals surface area contributed by atoms with Crippen LogP contribution in [0.1, 0.15) is 39.5 Å². The summed E-state index contributed by atoms with van der Waals surface area (Å²) in [4.78, 5) is 11.4. The van der Waals surface area contributed by atoms with E-state index in [0.29, 0.717) is 0 Å². The predicted octanol–water partition coefficient (Wildman–Crippen LogP) is 3.12. The van der Waals surface area contributed by atoms with Crippen molar-refractivity contribution in [3.8, 4) is 0 Å². The third kappa shape index (κ3) is 1.64. The lowest BCUT2D eigenvalue weighted by atomic mass is 9.92. The van der Waals surface area contributed by atoms with E-state index in [2.05, 4.69) is 6.07 Å². The first-order chi connectivity index (χ1) is 5.95. The van der Waals surface area contributed by atoms with Crippen LogP contribution < -0.4 is 0 Å². The second-order valence-corrected chi connectivity index (χ2v) is 3.69. The molecule has 0 aliphatic heterocycles. The molecule has 0 N–H and O–H groups in total. The molecule has 70 valence electrons. The van der Waals surface area contributed by atoms with Crippen LogP contribution in [0.4, 0.5) is 0 Å². The molecule has 0 unspecified atom stereocenters. The number of hydrogen-bond donors (Lipinski definition) is 0. The second kappa shape index (κ2) is 3.33. The zero-order valence-corrected chi connectivity index (χ0v) is 8.99. The van der Waals surface area contributed by atoms with Gasteiger partial charge in [-0.05, 0) is 56.9 Å². The first-order valence-electron chi connectivity index (χ1n) is 4.53. The summed E-state index contributed by atoms with van der Waals surface area (Å²) < 4.78 is 0. The van der Waals surface area contributed by atoms with E-state index in [1.54, 1.807) is 6.92 Å². The smallest absolute Gasteiger partial charge is 0.160 e. The Morgan fingerprint density at radius 1 is 1.00 bits per heavy atom. The molecule has 0 aromatic heterocycles. The van der Waals surface area contributed by atoms with Gasteiger partial charge in [-0.3, -0.25) is 4.79 Å². The average Bonchev–Trinajstić information content (AvgIpc) is 2.01. The minimum atomic E-state index is 0.168. The van der Waals surface area contributed by atoms with Crippen molar-refractivity contribution in [3.63, 3.8) is 0 Å². The number of hydrogen-bond acceptors (Lipinski definition) is 1. The third-order valence-electron chi connectivity index (χ3n) is 2.72. The molecule has 0 aliphatic rings. The summed E-state index contributed by atoms with van der Waals surface area (Å²) >= 11 is 0. The summed E-state index contributed by atoms with van der Waals surface area (Å²) in [5.41, 5.74) is 5.55. The largest absolute Gasteiger partial charge is 0.294 e. The van der Waals surface area contributed by atoms with Crippen molar-refractivity contribution in [1.29, 1.82) is 0 Å². The van der Waals surface area contributed by atoms with Crippen LogP contribution in [-0.4, -0.2) is 5.78 Å². The van der Waals surface area contributed by atoms with Gasteiger partial charge >= 0.3 is 0 Å². The molecule has 0 radical (unpaired) electrons. The molecule has 13 heavy (non-hydrogen) atoms. The normalized spacial score (nSPS) is 10.2. The van der Waals surface area contributed by atoms with Gasteiger partial charge in [-0.15, -0.1) is 0 Å². The van der Waals surface area contributed by atoms with E-state index in [1.807, 2.05) is 27.7 Å². The molecule has 0 aliphatic carbocycles. The van der Waals surface area contributed by atoms with Gasteiger partial charge in [0.05, 0.1) is 0 Å². The fourth-order valence-corrected chi connectivity index (χ4v) is 1.74. The fraction of sp³-hybridized carbons (Fsp3) is 0.417. The number of benzene rings is 1. The SMILES string of the molecule is CC(=O)c1c(C)c(C)cc(C)c1C. The number of Topliss-reactive ketones (excluding diaryl/α,β-unsaturated/α-hetero) is 1. The summed E-state index contributed by atoms with van der Waals surface area (Å²) in [5.74, 6) is 0.168. The number of ketones is 1. The van der Waals surface area contributed by atoms with Gasteiger partial charge in [0.2, 0.25) is 0 Å². The van der Waals surface area contributed by atoms with Crippen molar-refractivity contribution in [2.75, 3.05) is 0 Å². The number of aryl methyl sites for hydroxylation is 2. The average molecular weight is 176 g/mol. The van der Waals surface area contributed by atoms with E-state index in [0.717, 1.165) is 16.7 Å². The Morgan fingerprint density at radius 3 is 1.69 bits per heavy atom. The van der Waals surface area contributed by atoms with Gasteiger partial charge in [-0.2, -0.15) is 0 Å². The molecule has 0 amide bonds. The summed E-state index contributed by atoms with van der Waals surface area (Å²) in [5, 5.41) is 0. The quantitative estimate of drug-likeness (QED) is 0.601. The van der Waals surface area contributed by atoms with Gasteiger partial charge < -0.3 is 0 Å². The monoisotopic (exact) mass is 176 g/mol. The van der Waals surface area contributed by atoms with Crippen molar-refractivity contribution >= 4 is 5.78 Å². The lowest BCUT2D eigenvalue weighted by Crippen LogP contribution is -2.03. The first kappa shape index (κ1) is 9.97. The molecule has 1 aromatic rings. The van der Waals surface area contributed by atoms with Gasteiger partial charge in [0, 0.05) is 5.56 Å². The summed E-state index contributed by atoms with van der Waals surface area (Å²) in [6, 6.07) is 2.14. The summed E-state index contributed by atoms with van der Waals surface area (Å²) in [6.45, 7) is 9.76. The minimum Gasteiger partial charge on any atom is -0.294 e. The van der Waals surface area contributed by atoms with Crippen LogP contribution in [-0.2, 0) is 0 Å². The van der Waals surface area contributed by atoms with Crippen LogP contribution >= 0.6 is 0 Å². The number of rotatable bonds is 1. The van der Waals surface area contributed by atoms with E-state index in [4.69, 9.17) is 0 Å². The van der Waals surface area contributed by atoms with E-state index < -0.39 is 0 Å². The fourth-order valence-electron chi connectivity index (χ4n) is 1.74. The van der Waals surface area contributed by atoms with Gasteiger partial charge in [0.1, 0.15) is 0 Å². The van der Waals surface area contributed by atoms with Crippen LogP contribution in [0.25, 0.3) is 0 Å². The Bertz CT molecular complexity index is 336. The summed E-state index contributed by atoms with van der Waals surface area (Å²) in [6.07, 6.45) is 0. The van der Waals surface area contributed by atoms with Crippen molar-refractivity contribution < 1.29 is 4.79 Å². The molecule has 0 saturated carbocycles. The first-order valence-corrected chi connectivity index (χ1v) is 4.53. The maximum Gasteiger partial charge on any atom is 0.160 e. The Hall–Kier alpha value is -1.11. The van der Waals surface area contributed by atoms with Crippen molar-refractivity contribution in [1.82, 2.24) is 0 Å². The molecular formula is C12H16O. The van der Waals surface area contributed by atoms with E-state index in [-0.39, 0.29) is 5.78 Å². The molecule has 0 spiro atoms. The molecule has 1 heteroatoms. The second-order valence-electron chi connectivity index (χ2n) is 3.69. The Kier molecular flexibility index (Phi) is 2.55. The highest BCUT2D eigenvalue weighted by Gasteiger charge is 2.11. The highest BCUT2D eigenvalue weighted by Crippen LogP contribution is 2.21. The zero-order valence-electron chi connectivity index (χ0n) is 8.99. The predicted molar refractivity (Wildman–Crippen MR) is 55.4 cm³/mol. The maximum atomic E-state index is 11.4. The van der Waals surface area contributed by atoms with E-state index in [1.165, 1.54) is 11.1 Å². The third-order valence-corrected chi connectivity index (χ3v) is 2.72. The number of carbonyl (C=O) groups excluding carboxylic acids is 1. The molecule has 0 bridgehead atoms. The molecule has 1 aromatic carbocycles. The van der Waals surface area contributed by atoms with Gasteiger partial charge in [-0.1, -0.05) is 6.07 Å². The van der Waals surface area contributed by atoms with E-state index >= 15 is 0 Å². The van der Waals surface area contributed by atoms with Crippen molar-refractivity contribution in [2.45, 2.75) is 34.6 Å².